The first-order chi connectivity index (χ1) is 13.8. The van der Waals surface area contributed by atoms with Gasteiger partial charge in [-0.3, -0.25) is 4.79 Å². The Morgan fingerprint density at radius 2 is 1.96 bits per heavy atom. The molecular formula is C21H20N2O4S. The van der Waals surface area contributed by atoms with Crippen molar-refractivity contribution in [1.82, 2.24) is 10.3 Å². The topological polar surface area (TPSA) is 69.7 Å². The highest BCUT2D eigenvalue weighted by Crippen LogP contribution is 2.34. The second-order valence-corrected chi connectivity index (χ2v) is 7.17. The highest BCUT2D eigenvalue weighted by atomic mass is 32.1. The molecule has 1 aliphatic heterocycles. The molecule has 0 radical (unpaired) electrons. The molecule has 28 heavy (non-hydrogen) atoms. The summed E-state index contributed by atoms with van der Waals surface area (Å²) in [6.07, 6.45) is 1.74. The average molecular weight is 396 g/mol. The van der Waals surface area contributed by atoms with Gasteiger partial charge in [-0.15, -0.1) is 11.3 Å². The van der Waals surface area contributed by atoms with Crippen LogP contribution in [0.15, 0.2) is 53.9 Å². The zero-order chi connectivity index (χ0) is 19.2. The lowest BCUT2D eigenvalue weighted by Crippen LogP contribution is -2.28. The maximum Gasteiger partial charge on any atom is 0.270 e. The van der Waals surface area contributed by atoms with Crippen LogP contribution in [0.1, 0.15) is 21.1 Å². The highest BCUT2D eigenvalue weighted by molar-refractivity contribution is 7.09. The van der Waals surface area contributed by atoms with Gasteiger partial charge in [-0.2, -0.15) is 0 Å². The first-order valence-corrected chi connectivity index (χ1v) is 9.95. The predicted octanol–water partition coefficient (Wildman–Crippen LogP) is 3.47. The molecule has 0 fully saturated rings. The smallest absolute Gasteiger partial charge is 0.270 e. The molecule has 0 bridgehead atoms. The predicted molar refractivity (Wildman–Crippen MR) is 106 cm³/mol. The second kappa shape index (κ2) is 8.75. The third-order valence-electron chi connectivity index (χ3n) is 4.26. The fourth-order valence-corrected chi connectivity index (χ4v) is 3.59. The minimum Gasteiger partial charge on any atom is -0.492 e. The van der Waals surface area contributed by atoms with E-state index in [2.05, 4.69) is 22.4 Å². The lowest BCUT2D eigenvalue weighted by Gasteiger charge is -2.07. The summed E-state index contributed by atoms with van der Waals surface area (Å²) in [6.45, 7) is 0.982. The minimum absolute atomic E-state index is 0.184. The van der Waals surface area contributed by atoms with Gasteiger partial charge in [0, 0.05) is 17.9 Å². The van der Waals surface area contributed by atoms with Gasteiger partial charge in [0.1, 0.15) is 18.1 Å². The lowest BCUT2D eigenvalue weighted by molar-refractivity contribution is 0.0942. The van der Waals surface area contributed by atoms with Crippen molar-refractivity contribution in [3.05, 3.63) is 70.2 Å². The van der Waals surface area contributed by atoms with Crippen molar-refractivity contribution >= 4 is 17.2 Å². The van der Waals surface area contributed by atoms with E-state index in [4.69, 9.17) is 14.2 Å². The number of ether oxygens (including phenoxy) is 3. The number of aromatic nitrogens is 1. The van der Waals surface area contributed by atoms with E-state index in [1.807, 2.05) is 30.3 Å². The first-order valence-electron chi connectivity index (χ1n) is 9.07. The SMILES string of the molecule is O=C(NCCOc1ccc2c(c1)OCO2)c1csc(CCc2ccccc2)n1. The number of nitrogens with one attached hydrogen (secondary N) is 1. The standard InChI is InChI=1S/C21H20N2O4S/c24-21(17-13-28-20(23-17)9-6-15-4-2-1-3-5-15)22-10-11-25-16-7-8-18-19(12-16)27-14-26-18/h1-5,7-8,12-13H,6,9-11,14H2,(H,22,24). The summed E-state index contributed by atoms with van der Waals surface area (Å²) < 4.78 is 16.2. The van der Waals surface area contributed by atoms with Gasteiger partial charge in [-0.05, 0) is 24.1 Å². The first kappa shape index (κ1) is 18.3. The Morgan fingerprint density at radius 3 is 2.86 bits per heavy atom. The number of fused-ring (bicyclic) bond motifs is 1. The van der Waals surface area contributed by atoms with Crippen LogP contribution in [0, 0.1) is 0 Å². The molecular weight excluding hydrogens is 376 g/mol. The van der Waals surface area contributed by atoms with Crippen LogP contribution in [-0.4, -0.2) is 30.8 Å². The molecule has 0 atom stereocenters. The number of thiazole rings is 1. The van der Waals surface area contributed by atoms with Gasteiger partial charge in [0.15, 0.2) is 11.5 Å². The van der Waals surface area contributed by atoms with Gasteiger partial charge >= 0.3 is 0 Å². The lowest BCUT2D eigenvalue weighted by atomic mass is 10.1. The van der Waals surface area contributed by atoms with Crippen molar-refractivity contribution in [2.24, 2.45) is 0 Å². The number of carbonyl (C=O) groups is 1. The molecule has 0 saturated heterocycles. The molecule has 1 amide bonds. The Bertz CT molecular complexity index is 943. The van der Waals surface area contributed by atoms with Crippen LogP contribution in [-0.2, 0) is 12.8 Å². The summed E-state index contributed by atoms with van der Waals surface area (Å²) in [6, 6.07) is 15.7. The number of aryl methyl sites for hydroxylation is 2. The zero-order valence-corrected chi connectivity index (χ0v) is 16.0. The van der Waals surface area contributed by atoms with E-state index >= 15 is 0 Å². The molecule has 0 spiro atoms. The van der Waals surface area contributed by atoms with Crippen LogP contribution < -0.4 is 19.5 Å². The summed E-state index contributed by atoms with van der Waals surface area (Å²) >= 11 is 1.52. The van der Waals surface area contributed by atoms with Crippen molar-refractivity contribution in [2.45, 2.75) is 12.8 Å². The van der Waals surface area contributed by atoms with E-state index in [1.54, 1.807) is 11.4 Å². The summed E-state index contributed by atoms with van der Waals surface area (Å²) in [4.78, 5) is 16.7. The summed E-state index contributed by atoms with van der Waals surface area (Å²) in [5.41, 5.74) is 1.72. The Labute approximate surface area is 167 Å². The van der Waals surface area contributed by atoms with Crippen molar-refractivity contribution in [1.29, 1.82) is 0 Å². The van der Waals surface area contributed by atoms with Crippen LogP contribution in [0.25, 0.3) is 0 Å². The monoisotopic (exact) mass is 396 g/mol. The molecule has 1 aromatic heterocycles. The quantitative estimate of drug-likeness (QED) is 0.591. The zero-order valence-electron chi connectivity index (χ0n) is 15.2. The van der Waals surface area contributed by atoms with Gasteiger partial charge < -0.3 is 19.5 Å². The van der Waals surface area contributed by atoms with Crippen molar-refractivity contribution in [3.63, 3.8) is 0 Å². The molecule has 3 aromatic rings. The van der Waals surface area contributed by atoms with Crippen molar-refractivity contribution in [2.75, 3.05) is 19.9 Å². The fraction of sp³-hybridized carbons (Fsp3) is 0.238. The molecule has 1 aliphatic rings. The fourth-order valence-electron chi connectivity index (χ4n) is 2.82. The maximum atomic E-state index is 12.2. The third kappa shape index (κ3) is 4.61. The van der Waals surface area contributed by atoms with Crippen LogP contribution in [0.4, 0.5) is 0 Å². The number of benzene rings is 2. The number of hydrogen-bond donors (Lipinski definition) is 1. The van der Waals surface area contributed by atoms with Crippen LogP contribution in [0.3, 0.4) is 0 Å². The molecule has 7 heteroatoms. The van der Waals surface area contributed by atoms with Gasteiger partial charge in [0.25, 0.3) is 5.91 Å². The van der Waals surface area contributed by atoms with Crippen LogP contribution in [0.2, 0.25) is 0 Å². The largest absolute Gasteiger partial charge is 0.492 e. The van der Waals surface area contributed by atoms with E-state index in [0.717, 1.165) is 17.8 Å². The minimum atomic E-state index is -0.184. The molecule has 4 rings (SSSR count). The molecule has 6 nitrogen and oxygen atoms in total. The van der Waals surface area contributed by atoms with Gasteiger partial charge in [-0.25, -0.2) is 4.98 Å². The van der Waals surface area contributed by atoms with Crippen LogP contribution >= 0.6 is 11.3 Å². The van der Waals surface area contributed by atoms with Crippen LogP contribution in [0.5, 0.6) is 17.2 Å². The Hall–Kier alpha value is -3.06. The van der Waals surface area contributed by atoms with E-state index in [1.165, 1.54) is 16.9 Å². The molecule has 2 aromatic carbocycles. The van der Waals surface area contributed by atoms with Gasteiger partial charge in [0.2, 0.25) is 6.79 Å². The molecule has 0 saturated carbocycles. The van der Waals surface area contributed by atoms with Gasteiger partial charge in [0.05, 0.1) is 11.6 Å². The molecule has 144 valence electrons. The Balaban J connectivity index is 1.20. The average Bonchev–Trinajstić information content (AvgIpc) is 3.39. The summed E-state index contributed by atoms with van der Waals surface area (Å²) in [5.74, 6) is 1.88. The summed E-state index contributed by atoms with van der Waals surface area (Å²) in [5, 5.41) is 5.60. The van der Waals surface area contributed by atoms with E-state index < -0.39 is 0 Å². The number of amides is 1. The second-order valence-electron chi connectivity index (χ2n) is 6.23. The van der Waals surface area contributed by atoms with Crippen molar-refractivity contribution < 1.29 is 19.0 Å². The highest BCUT2D eigenvalue weighted by Gasteiger charge is 2.14. The molecule has 1 N–H and O–H groups in total. The number of rotatable bonds is 8. The van der Waals surface area contributed by atoms with E-state index in [-0.39, 0.29) is 12.7 Å². The van der Waals surface area contributed by atoms with Gasteiger partial charge in [-0.1, -0.05) is 30.3 Å². The number of carbonyl (C=O) groups excluding carboxylic acids is 1. The van der Waals surface area contributed by atoms with E-state index in [0.29, 0.717) is 36.1 Å². The third-order valence-corrected chi connectivity index (χ3v) is 5.16. The summed E-state index contributed by atoms with van der Waals surface area (Å²) in [7, 11) is 0. The Kier molecular flexibility index (Phi) is 5.72. The normalized spacial score (nSPS) is 12.0. The van der Waals surface area contributed by atoms with Crippen molar-refractivity contribution in [3.8, 4) is 17.2 Å². The van der Waals surface area contributed by atoms with E-state index in [9.17, 15) is 4.79 Å². The number of nitrogens with zero attached hydrogens (tertiary/aromatic N) is 1. The Morgan fingerprint density at radius 1 is 1.11 bits per heavy atom. The number of hydrogen-bond acceptors (Lipinski definition) is 6. The molecule has 2 heterocycles. The molecule has 0 unspecified atom stereocenters. The molecule has 0 aliphatic carbocycles. The maximum absolute atomic E-state index is 12.2.